The Morgan fingerprint density at radius 2 is 1.40 bits per heavy atom. The number of carbonyl (C=O) groups excluding carboxylic acids is 1. The standard InChI is InChI=1S/C26H26F3N3O5S3/c1-38-24-13-12-22(17-23(24)25(33)32-14-3-2-4-15-32)40(36,37)30-19-8-10-21(11-9-19)39(34,35)31-20-7-5-6-18(16-20)26(27,28)29/h5-13,16-17,30-31H,2-4,14-15H2,1H3. The summed E-state index contributed by atoms with van der Waals surface area (Å²) < 4.78 is 95.0. The first-order valence-electron chi connectivity index (χ1n) is 12.1. The predicted octanol–water partition coefficient (Wildman–Crippen LogP) is 5.66. The molecule has 0 bridgehead atoms. The summed E-state index contributed by atoms with van der Waals surface area (Å²) in [5, 5.41) is 0. The van der Waals surface area contributed by atoms with Crippen LogP contribution in [0.1, 0.15) is 35.2 Å². The first kappa shape index (κ1) is 29.7. The van der Waals surface area contributed by atoms with Gasteiger partial charge >= 0.3 is 6.18 Å². The second kappa shape index (κ2) is 11.7. The lowest BCUT2D eigenvalue weighted by Gasteiger charge is -2.27. The van der Waals surface area contributed by atoms with Crippen molar-refractivity contribution in [2.75, 3.05) is 28.8 Å². The highest BCUT2D eigenvalue weighted by molar-refractivity contribution is 7.98. The molecule has 1 aliphatic rings. The van der Waals surface area contributed by atoms with Gasteiger partial charge in [0, 0.05) is 29.4 Å². The van der Waals surface area contributed by atoms with Crippen LogP contribution in [-0.4, -0.2) is 47.0 Å². The van der Waals surface area contributed by atoms with E-state index in [0.29, 0.717) is 29.6 Å². The van der Waals surface area contributed by atoms with Crippen molar-refractivity contribution in [2.24, 2.45) is 0 Å². The van der Waals surface area contributed by atoms with E-state index >= 15 is 0 Å². The molecule has 0 saturated carbocycles. The number of benzene rings is 3. The molecule has 8 nitrogen and oxygen atoms in total. The van der Waals surface area contributed by atoms with Crippen molar-refractivity contribution in [3.8, 4) is 0 Å². The van der Waals surface area contributed by atoms with Crippen molar-refractivity contribution >= 4 is 49.1 Å². The molecule has 1 heterocycles. The number of hydrogen-bond acceptors (Lipinski definition) is 6. The smallest absolute Gasteiger partial charge is 0.339 e. The van der Waals surface area contributed by atoms with Gasteiger partial charge in [0.15, 0.2) is 0 Å². The lowest BCUT2D eigenvalue weighted by atomic mass is 10.1. The van der Waals surface area contributed by atoms with Crippen molar-refractivity contribution in [2.45, 2.75) is 40.1 Å². The van der Waals surface area contributed by atoms with Crippen LogP contribution in [0.25, 0.3) is 0 Å². The lowest BCUT2D eigenvalue weighted by Crippen LogP contribution is -2.36. The molecule has 0 aliphatic carbocycles. The van der Waals surface area contributed by atoms with Gasteiger partial charge in [0.1, 0.15) is 0 Å². The van der Waals surface area contributed by atoms with Gasteiger partial charge in [0.2, 0.25) is 0 Å². The third kappa shape index (κ3) is 6.91. The molecule has 1 saturated heterocycles. The van der Waals surface area contributed by atoms with Gasteiger partial charge < -0.3 is 4.90 Å². The largest absolute Gasteiger partial charge is 0.416 e. The first-order valence-corrected chi connectivity index (χ1v) is 16.3. The van der Waals surface area contributed by atoms with E-state index in [1.807, 2.05) is 0 Å². The van der Waals surface area contributed by atoms with Gasteiger partial charge in [-0.2, -0.15) is 13.2 Å². The maximum absolute atomic E-state index is 13.1. The number of alkyl halides is 3. The number of hydrogen-bond donors (Lipinski definition) is 2. The zero-order valence-corrected chi connectivity index (χ0v) is 23.7. The van der Waals surface area contributed by atoms with Crippen LogP contribution in [0.2, 0.25) is 0 Å². The quantitative estimate of drug-likeness (QED) is 0.318. The second-order valence-electron chi connectivity index (χ2n) is 9.03. The normalized spacial score (nSPS) is 14.6. The Morgan fingerprint density at radius 3 is 2.02 bits per heavy atom. The Labute approximate surface area is 235 Å². The van der Waals surface area contributed by atoms with Gasteiger partial charge in [-0.1, -0.05) is 6.07 Å². The van der Waals surface area contributed by atoms with Gasteiger partial charge in [-0.15, -0.1) is 11.8 Å². The number of sulfonamides is 2. The van der Waals surface area contributed by atoms with Crippen LogP contribution >= 0.6 is 11.8 Å². The third-order valence-corrected chi connectivity index (χ3v) is 9.79. The number of nitrogens with zero attached hydrogens (tertiary/aromatic N) is 1. The maximum Gasteiger partial charge on any atom is 0.416 e. The summed E-state index contributed by atoms with van der Waals surface area (Å²) in [6.45, 7) is 1.22. The van der Waals surface area contributed by atoms with Crippen LogP contribution in [0.15, 0.2) is 81.4 Å². The number of halogens is 3. The zero-order valence-electron chi connectivity index (χ0n) is 21.2. The van der Waals surface area contributed by atoms with Crippen molar-refractivity contribution < 1.29 is 34.8 Å². The molecule has 0 spiro atoms. The van der Waals surface area contributed by atoms with E-state index in [-0.39, 0.29) is 27.1 Å². The Hall–Kier alpha value is -3.23. The topological polar surface area (TPSA) is 113 Å². The number of carbonyl (C=O) groups is 1. The molecule has 2 N–H and O–H groups in total. The summed E-state index contributed by atoms with van der Waals surface area (Å²) in [4.78, 5) is 15.1. The van der Waals surface area contributed by atoms with Gasteiger partial charge in [-0.05, 0) is 86.2 Å². The van der Waals surface area contributed by atoms with E-state index in [1.54, 1.807) is 17.2 Å². The van der Waals surface area contributed by atoms with Crippen LogP contribution < -0.4 is 9.44 Å². The van der Waals surface area contributed by atoms with Crippen LogP contribution in [0.4, 0.5) is 24.5 Å². The fraction of sp³-hybridized carbons (Fsp3) is 0.269. The molecule has 14 heteroatoms. The molecule has 0 unspecified atom stereocenters. The third-order valence-electron chi connectivity index (χ3n) is 6.21. The molecule has 0 radical (unpaired) electrons. The minimum Gasteiger partial charge on any atom is -0.339 e. The summed E-state index contributed by atoms with van der Waals surface area (Å²) in [5.74, 6) is -0.232. The number of rotatable bonds is 8. The fourth-order valence-corrected chi connectivity index (χ4v) is 6.88. The van der Waals surface area contributed by atoms with Gasteiger partial charge in [-0.3, -0.25) is 14.2 Å². The van der Waals surface area contributed by atoms with Gasteiger partial charge in [0.05, 0.1) is 20.9 Å². The average molecular weight is 614 g/mol. The molecule has 214 valence electrons. The molecule has 40 heavy (non-hydrogen) atoms. The molecule has 0 atom stereocenters. The van der Waals surface area contributed by atoms with E-state index in [1.165, 1.54) is 42.1 Å². The summed E-state index contributed by atoms with van der Waals surface area (Å²) in [7, 11) is -8.40. The number of likely N-dealkylation sites (tertiary alicyclic amines) is 1. The van der Waals surface area contributed by atoms with E-state index in [0.717, 1.165) is 43.5 Å². The molecule has 4 rings (SSSR count). The van der Waals surface area contributed by atoms with Crippen LogP contribution in [-0.2, 0) is 26.2 Å². The number of piperidine rings is 1. The minimum absolute atomic E-state index is 0.0517. The Morgan fingerprint density at radius 1 is 0.800 bits per heavy atom. The Bertz CT molecular complexity index is 1600. The summed E-state index contributed by atoms with van der Waals surface area (Å²) in [6.07, 6.45) is -0.0230. The molecule has 1 aliphatic heterocycles. The molecule has 3 aromatic carbocycles. The minimum atomic E-state index is -4.64. The van der Waals surface area contributed by atoms with Crippen LogP contribution in [0.5, 0.6) is 0 Å². The highest BCUT2D eigenvalue weighted by atomic mass is 32.2. The first-order chi connectivity index (χ1) is 18.8. The number of amides is 1. The average Bonchev–Trinajstić information content (AvgIpc) is 2.92. The molecule has 3 aromatic rings. The summed E-state index contributed by atoms with van der Waals surface area (Å²) in [5.41, 5.74) is -0.942. The number of anilines is 2. The number of thioether (sulfide) groups is 1. The molecule has 1 amide bonds. The summed E-state index contributed by atoms with van der Waals surface area (Å²) >= 11 is 1.34. The zero-order chi connectivity index (χ0) is 29.1. The lowest BCUT2D eigenvalue weighted by molar-refractivity contribution is -0.137. The van der Waals surface area contributed by atoms with Gasteiger partial charge in [0.25, 0.3) is 26.0 Å². The SMILES string of the molecule is CSc1ccc(S(=O)(=O)Nc2ccc(S(=O)(=O)Nc3cccc(C(F)(F)F)c3)cc2)cc1C(=O)N1CCCCC1. The fourth-order valence-electron chi connectivity index (χ4n) is 4.18. The second-order valence-corrected chi connectivity index (χ2v) is 13.2. The van der Waals surface area contributed by atoms with E-state index in [4.69, 9.17) is 0 Å². The molecular formula is C26H26F3N3O5S3. The maximum atomic E-state index is 13.1. The molecule has 1 fully saturated rings. The van der Waals surface area contributed by atoms with E-state index < -0.39 is 31.8 Å². The van der Waals surface area contributed by atoms with E-state index in [2.05, 4.69) is 9.44 Å². The Kier molecular flexibility index (Phi) is 8.71. The Balaban J connectivity index is 1.52. The molecular weight excluding hydrogens is 587 g/mol. The monoisotopic (exact) mass is 613 g/mol. The number of nitrogens with one attached hydrogen (secondary N) is 2. The predicted molar refractivity (Wildman–Crippen MR) is 147 cm³/mol. The molecule has 0 aromatic heterocycles. The van der Waals surface area contributed by atoms with Crippen molar-refractivity contribution in [1.29, 1.82) is 0 Å². The van der Waals surface area contributed by atoms with Crippen molar-refractivity contribution in [1.82, 2.24) is 4.90 Å². The van der Waals surface area contributed by atoms with Crippen LogP contribution in [0, 0.1) is 0 Å². The summed E-state index contributed by atoms with van der Waals surface area (Å²) in [6, 6.07) is 12.7. The van der Waals surface area contributed by atoms with Crippen molar-refractivity contribution in [3.63, 3.8) is 0 Å². The highest BCUT2D eigenvalue weighted by Crippen LogP contribution is 2.32. The highest BCUT2D eigenvalue weighted by Gasteiger charge is 2.31. The van der Waals surface area contributed by atoms with Crippen LogP contribution in [0.3, 0.4) is 0 Å². The van der Waals surface area contributed by atoms with Gasteiger partial charge in [-0.25, -0.2) is 16.8 Å². The van der Waals surface area contributed by atoms with E-state index in [9.17, 15) is 34.8 Å². The van der Waals surface area contributed by atoms with Crippen molar-refractivity contribution in [3.05, 3.63) is 77.9 Å².